The molecular weight excluding hydrogens is 370 g/mol. The summed E-state index contributed by atoms with van der Waals surface area (Å²) in [7, 11) is -3.77. The van der Waals surface area contributed by atoms with Gasteiger partial charge in [0.15, 0.2) is 0 Å². The van der Waals surface area contributed by atoms with Crippen molar-refractivity contribution in [2.75, 3.05) is 0 Å². The van der Waals surface area contributed by atoms with Gasteiger partial charge in [0.1, 0.15) is 0 Å². The number of nitrogens with zero attached hydrogens (tertiary/aromatic N) is 3. The number of hydrogen-bond acceptors (Lipinski definition) is 3. The third-order valence-electron chi connectivity index (χ3n) is 4.50. The van der Waals surface area contributed by atoms with E-state index in [1.165, 1.54) is 3.97 Å². The molecule has 0 radical (unpaired) electrons. The summed E-state index contributed by atoms with van der Waals surface area (Å²) in [6.45, 7) is 10.8. The first-order valence-corrected chi connectivity index (χ1v) is 9.88. The molecule has 1 aromatic carbocycles. The van der Waals surface area contributed by atoms with E-state index in [1.807, 2.05) is 13.0 Å². The third kappa shape index (κ3) is 2.82. The molecule has 0 aliphatic heterocycles. The van der Waals surface area contributed by atoms with E-state index in [9.17, 15) is 13.7 Å². The van der Waals surface area contributed by atoms with Gasteiger partial charge in [0.05, 0.1) is 22.9 Å². The minimum Gasteiger partial charge on any atom is -0.242 e. The lowest BCUT2D eigenvalue weighted by Gasteiger charge is -2.23. The highest BCUT2D eigenvalue weighted by Crippen LogP contribution is 2.39. The Morgan fingerprint density at radius 3 is 2.58 bits per heavy atom. The van der Waals surface area contributed by atoms with Crippen molar-refractivity contribution in [2.24, 2.45) is 0 Å². The lowest BCUT2D eigenvalue weighted by atomic mass is 9.90. The first-order valence-electron chi connectivity index (χ1n) is 8.01. The largest absolute Gasteiger partial charge is 0.268 e. The Hall–Kier alpha value is -2.54. The summed E-state index contributed by atoms with van der Waals surface area (Å²) in [6, 6.07) is 10.3. The zero-order valence-electron chi connectivity index (χ0n) is 14.3. The van der Waals surface area contributed by atoms with E-state index < -0.39 is 15.4 Å². The van der Waals surface area contributed by atoms with Crippen LogP contribution in [0.15, 0.2) is 40.9 Å². The van der Waals surface area contributed by atoms with E-state index in [-0.39, 0.29) is 10.6 Å². The first kappa shape index (κ1) is 18.3. The van der Waals surface area contributed by atoms with E-state index in [0.717, 1.165) is 5.56 Å². The van der Waals surface area contributed by atoms with Crippen LogP contribution in [-0.2, 0) is 16.4 Å². The third-order valence-corrected chi connectivity index (χ3v) is 6.79. The van der Waals surface area contributed by atoms with Crippen LogP contribution in [-0.4, -0.2) is 17.8 Å². The molecule has 0 fully saturated rings. The Labute approximate surface area is 158 Å². The molecule has 132 valence electrons. The number of rotatable bonds is 2. The summed E-state index contributed by atoms with van der Waals surface area (Å²) in [5.41, 5.74) is 2.99. The van der Waals surface area contributed by atoms with Crippen LogP contribution in [0.5, 0.6) is 0 Å². The van der Waals surface area contributed by atoms with E-state index in [4.69, 9.17) is 18.2 Å². The normalized spacial score (nSPS) is 18.6. The quantitative estimate of drug-likeness (QED) is 0.445. The van der Waals surface area contributed by atoms with E-state index in [0.29, 0.717) is 35.4 Å². The van der Waals surface area contributed by atoms with Crippen molar-refractivity contribution in [1.82, 2.24) is 3.97 Å². The monoisotopic (exact) mass is 385 g/mol. The summed E-state index contributed by atoms with van der Waals surface area (Å²) < 4.78 is 27.7. The first-order chi connectivity index (χ1) is 12.3. The molecule has 1 aromatic heterocycles. The maximum absolute atomic E-state index is 13.2. The smallest absolute Gasteiger partial charge is 0.242 e. The zero-order valence-corrected chi connectivity index (χ0v) is 15.9. The van der Waals surface area contributed by atoms with Crippen molar-refractivity contribution in [3.8, 4) is 6.07 Å². The maximum atomic E-state index is 13.2. The Kier molecular flexibility index (Phi) is 4.66. The molecule has 0 spiro atoms. The van der Waals surface area contributed by atoms with Crippen molar-refractivity contribution in [3.63, 3.8) is 0 Å². The molecule has 26 heavy (non-hydrogen) atoms. The number of fused-ring (bicyclic) bond motifs is 1. The van der Waals surface area contributed by atoms with Crippen molar-refractivity contribution in [3.05, 3.63) is 70.0 Å². The highest BCUT2D eigenvalue weighted by Gasteiger charge is 2.32. The molecule has 1 heterocycles. The van der Waals surface area contributed by atoms with E-state index >= 15 is 0 Å². The van der Waals surface area contributed by atoms with Crippen molar-refractivity contribution < 1.29 is 8.42 Å². The molecule has 0 saturated carbocycles. The Morgan fingerprint density at radius 1 is 1.35 bits per heavy atom. The fraction of sp³-hybridized carbons (Fsp3) is 0.263. The SMILES string of the molecule is [C-]#[N+]C(C#N)=C1c2cc(C)n(S(=O)(=O)c3ccc(C)cc3)c2CCC1Cl. The second kappa shape index (κ2) is 6.64. The van der Waals surface area contributed by atoms with Crippen LogP contribution in [0.2, 0.25) is 0 Å². The van der Waals surface area contributed by atoms with Crippen LogP contribution in [0.25, 0.3) is 10.4 Å². The molecular formula is C19H16ClN3O2S. The highest BCUT2D eigenvalue weighted by molar-refractivity contribution is 7.90. The Bertz CT molecular complexity index is 1080. The Balaban J connectivity index is 2.27. The molecule has 0 N–H and O–H groups in total. The second-order valence-corrected chi connectivity index (χ2v) is 8.53. The van der Waals surface area contributed by atoms with Gasteiger partial charge in [-0.25, -0.2) is 22.5 Å². The van der Waals surface area contributed by atoms with Gasteiger partial charge in [-0.3, -0.25) is 0 Å². The summed E-state index contributed by atoms with van der Waals surface area (Å²) in [5, 5.41) is 8.77. The van der Waals surface area contributed by atoms with Gasteiger partial charge < -0.3 is 0 Å². The fourth-order valence-corrected chi connectivity index (χ4v) is 5.22. The van der Waals surface area contributed by atoms with Gasteiger partial charge >= 0.3 is 0 Å². The van der Waals surface area contributed by atoms with Gasteiger partial charge in [-0.15, -0.1) is 11.6 Å². The van der Waals surface area contributed by atoms with Gasteiger partial charge in [0.25, 0.3) is 15.7 Å². The van der Waals surface area contributed by atoms with Gasteiger partial charge in [0.2, 0.25) is 0 Å². The van der Waals surface area contributed by atoms with Gasteiger partial charge in [0, 0.05) is 11.4 Å². The number of nitriles is 1. The fourth-order valence-electron chi connectivity index (χ4n) is 3.29. The molecule has 1 aliphatic rings. The summed E-state index contributed by atoms with van der Waals surface area (Å²) in [5.74, 6) is 0. The molecule has 0 amide bonds. The summed E-state index contributed by atoms with van der Waals surface area (Å²) >= 11 is 6.36. The topological polar surface area (TPSA) is 67.2 Å². The second-order valence-electron chi connectivity index (χ2n) is 6.22. The Morgan fingerprint density at radius 2 is 2.00 bits per heavy atom. The van der Waals surface area contributed by atoms with Gasteiger partial charge in [-0.05, 0) is 56.0 Å². The van der Waals surface area contributed by atoms with Crippen molar-refractivity contribution in [1.29, 1.82) is 5.26 Å². The number of alkyl halides is 1. The molecule has 2 aromatic rings. The maximum Gasteiger partial charge on any atom is 0.268 e. The number of benzene rings is 1. The number of allylic oxidation sites excluding steroid dienone is 2. The van der Waals surface area contributed by atoms with Crippen molar-refractivity contribution >= 4 is 27.2 Å². The molecule has 1 aliphatic carbocycles. The van der Waals surface area contributed by atoms with Crippen LogP contribution in [0.4, 0.5) is 0 Å². The summed E-state index contributed by atoms with van der Waals surface area (Å²) in [4.78, 5) is 3.48. The average Bonchev–Trinajstić information content (AvgIpc) is 2.94. The van der Waals surface area contributed by atoms with Gasteiger partial charge in [-0.1, -0.05) is 17.7 Å². The average molecular weight is 386 g/mol. The van der Waals surface area contributed by atoms with E-state index in [2.05, 4.69) is 4.85 Å². The predicted octanol–water partition coefficient (Wildman–Crippen LogP) is 4.05. The predicted molar refractivity (Wildman–Crippen MR) is 100 cm³/mol. The molecule has 0 bridgehead atoms. The summed E-state index contributed by atoms with van der Waals surface area (Å²) in [6.07, 6.45) is 0.931. The highest BCUT2D eigenvalue weighted by atomic mass is 35.5. The number of halogens is 1. The standard InChI is InChI=1S/C19H16ClN3O2S/c1-12-4-6-14(7-5-12)26(24,25)23-13(2)10-15-18(23)9-8-16(20)19(15)17(11-21)22-3/h4-7,10,16H,8-9H2,1-2H3. The van der Waals surface area contributed by atoms with Crippen molar-refractivity contribution in [2.45, 2.75) is 37.0 Å². The van der Waals surface area contributed by atoms with E-state index in [1.54, 1.807) is 37.3 Å². The number of aryl methyl sites for hydroxylation is 2. The molecule has 3 rings (SSSR count). The van der Waals surface area contributed by atoms with Crippen LogP contribution in [0.1, 0.15) is 28.9 Å². The van der Waals surface area contributed by atoms with Crippen LogP contribution in [0, 0.1) is 31.8 Å². The molecule has 1 unspecified atom stereocenters. The van der Waals surface area contributed by atoms with Crippen LogP contribution >= 0.6 is 11.6 Å². The molecule has 0 saturated heterocycles. The minimum atomic E-state index is -3.77. The number of hydrogen-bond donors (Lipinski definition) is 0. The molecule has 5 nitrogen and oxygen atoms in total. The number of aromatic nitrogens is 1. The lowest BCUT2D eigenvalue weighted by Crippen LogP contribution is -2.21. The molecule has 1 atom stereocenters. The van der Waals surface area contributed by atoms with Gasteiger partial charge in [-0.2, -0.15) is 0 Å². The minimum absolute atomic E-state index is 0.0872. The van der Waals surface area contributed by atoms with Crippen LogP contribution in [0.3, 0.4) is 0 Å². The van der Waals surface area contributed by atoms with Crippen LogP contribution < -0.4 is 0 Å². The molecule has 7 heteroatoms. The lowest BCUT2D eigenvalue weighted by molar-refractivity contribution is 0.582. The zero-order chi connectivity index (χ0) is 19.1.